The number of Topliss-reactive ketones (excluding diaryl/α,β-unsaturated/α-hetero) is 1. The van der Waals surface area contributed by atoms with Crippen LogP contribution in [0.1, 0.15) is 13.3 Å². The van der Waals surface area contributed by atoms with Gasteiger partial charge in [-0.05, 0) is 19.1 Å². The molecule has 84 valence electrons. The van der Waals surface area contributed by atoms with Gasteiger partial charge in [0.05, 0.1) is 6.42 Å². The summed E-state index contributed by atoms with van der Waals surface area (Å²) < 4.78 is 0. The highest BCUT2D eigenvalue weighted by Crippen LogP contribution is 1.97. The van der Waals surface area contributed by atoms with Crippen molar-refractivity contribution in [2.75, 3.05) is 14.1 Å². The van der Waals surface area contributed by atoms with Gasteiger partial charge in [0.25, 0.3) is 0 Å². The number of nitrogens with zero attached hydrogens (tertiary/aromatic N) is 1. The minimum absolute atomic E-state index is 0.0556. The van der Waals surface area contributed by atoms with Gasteiger partial charge in [0.1, 0.15) is 12.1 Å². The Morgan fingerprint density at radius 1 is 1.33 bits per heavy atom. The van der Waals surface area contributed by atoms with E-state index in [9.17, 15) is 9.59 Å². The average molecular weight is 209 g/mol. The van der Waals surface area contributed by atoms with Crippen molar-refractivity contribution in [2.24, 2.45) is 0 Å². The van der Waals surface area contributed by atoms with E-state index < -0.39 is 0 Å². The lowest BCUT2D eigenvalue weighted by molar-refractivity contribution is -0.120. The first-order valence-corrected chi connectivity index (χ1v) is 4.55. The fourth-order valence-corrected chi connectivity index (χ4v) is 0.638. The van der Waals surface area contributed by atoms with E-state index in [-0.39, 0.29) is 12.2 Å². The lowest BCUT2D eigenvalue weighted by atomic mass is 10.3. The van der Waals surface area contributed by atoms with Crippen molar-refractivity contribution in [1.29, 1.82) is 0 Å². The standard InChI is InChI=1S/C8H13N.C4H6O2/c1-5-7-8(6-2)9(3)4;1-4(6)2-3-5/h5-7H,1-2H2,3-4H3;3H,2H2,1H3/b8-7+;. The van der Waals surface area contributed by atoms with Gasteiger partial charge >= 0.3 is 0 Å². The highest BCUT2D eigenvalue weighted by Gasteiger charge is 1.87. The molecule has 0 radical (unpaired) electrons. The number of hydrogen-bond donors (Lipinski definition) is 0. The van der Waals surface area contributed by atoms with E-state index >= 15 is 0 Å². The predicted octanol–water partition coefficient (Wildman–Crippen LogP) is 1.97. The van der Waals surface area contributed by atoms with E-state index in [1.54, 1.807) is 12.2 Å². The van der Waals surface area contributed by atoms with Gasteiger partial charge in [-0.15, -0.1) is 0 Å². The van der Waals surface area contributed by atoms with E-state index in [0.717, 1.165) is 5.70 Å². The van der Waals surface area contributed by atoms with Gasteiger partial charge in [-0.25, -0.2) is 0 Å². The Bertz CT molecular complexity index is 252. The molecular formula is C12H19NO2. The zero-order valence-corrected chi connectivity index (χ0v) is 9.69. The van der Waals surface area contributed by atoms with Crippen molar-refractivity contribution in [2.45, 2.75) is 13.3 Å². The second-order valence-corrected chi connectivity index (χ2v) is 3.00. The van der Waals surface area contributed by atoms with Gasteiger partial charge in [0.2, 0.25) is 0 Å². The van der Waals surface area contributed by atoms with E-state index in [1.165, 1.54) is 6.92 Å². The van der Waals surface area contributed by atoms with Gasteiger partial charge < -0.3 is 9.69 Å². The monoisotopic (exact) mass is 209 g/mol. The zero-order chi connectivity index (χ0) is 12.3. The molecule has 0 heterocycles. The summed E-state index contributed by atoms with van der Waals surface area (Å²) in [7, 11) is 3.94. The normalized spacial score (nSPS) is 9.40. The lowest BCUT2D eigenvalue weighted by Gasteiger charge is -2.11. The summed E-state index contributed by atoms with van der Waals surface area (Å²) >= 11 is 0. The van der Waals surface area contributed by atoms with Crippen LogP contribution in [0, 0.1) is 0 Å². The van der Waals surface area contributed by atoms with Crippen LogP contribution < -0.4 is 0 Å². The molecule has 3 nitrogen and oxygen atoms in total. The number of carbonyl (C=O) groups is 2. The second kappa shape index (κ2) is 10.4. The van der Waals surface area contributed by atoms with Crippen LogP contribution in [0.5, 0.6) is 0 Å². The summed E-state index contributed by atoms with van der Waals surface area (Å²) in [5.41, 5.74) is 1.07. The summed E-state index contributed by atoms with van der Waals surface area (Å²) in [6.07, 6.45) is 6.11. The molecule has 3 heteroatoms. The van der Waals surface area contributed by atoms with Crippen LogP contribution in [0.4, 0.5) is 0 Å². The van der Waals surface area contributed by atoms with Crippen molar-refractivity contribution < 1.29 is 9.59 Å². The van der Waals surface area contributed by atoms with Crippen LogP contribution in [0.3, 0.4) is 0 Å². The number of carbonyl (C=O) groups excluding carboxylic acids is 2. The molecule has 0 rings (SSSR count). The van der Waals surface area contributed by atoms with Crippen molar-refractivity contribution in [3.8, 4) is 0 Å². The smallest absolute Gasteiger partial charge is 0.136 e. The Hall–Kier alpha value is -1.64. The number of allylic oxidation sites excluding steroid dienone is 3. The molecule has 0 fully saturated rings. The Kier molecular flexibility index (Phi) is 11.0. The summed E-state index contributed by atoms with van der Waals surface area (Å²) in [6, 6.07) is 0. The molecular weight excluding hydrogens is 190 g/mol. The van der Waals surface area contributed by atoms with Crippen LogP contribution in [0.2, 0.25) is 0 Å². The molecule has 0 aliphatic rings. The van der Waals surface area contributed by atoms with Crippen LogP contribution in [0.25, 0.3) is 0 Å². The fourth-order valence-electron chi connectivity index (χ4n) is 0.638. The molecule has 0 unspecified atom stereocenters. The molecule has 0 aliphatic carbocycles. The number of ketones is 1. The molecule has 0 saturated carbocycles. The van der Waals surface area contributed by atoms with E-state index in [1.807, 2.05) is 25.1 Å². The van der Waals surface area contributed by atoms with Crippen molar-refractivity contribution >= 4 is 12.1 Å². The molecule has 0 aromatic rings. The Morgan fingerprint density at radius 2 is 1.87 bits per heavy atom. The first kappa shape index (κ1) is 15.8. The van der Waals surface area contributed by atoms with E-state index in [2.05, 4.69) is 13.2 Å². The van der Waals surface area contributed by atoms with Gasteiger partial charge in [-0.1, -0.05) is 19.2 Å². The molecule has 0 spiro atoms. The maximum absolute atomic E-state index is 9.81. The van der Waals surface area contributed by atoms with E-state index in [4.69, 9.17) is 0 Å². The maximum Gasteiger partial charge on any atom is 0.136 e. The minimum atomic E-state index is -0.0787. The highest BCUT2D eigenvalue weighted by molar-refractivity contribution is 5.87. The molecule has 0 atom stereocenters. The third kappa shape index (κ3) is 12.4. The van der Waals surface area contributed by atoms with Crippen molar-refractivity contribution in [3.05, 3.63) is 37.1 Å². The van der Waals surface area contributed by atoms with Gasteiger partial charge in [-0.2, -0.15) is 0 Å². The Morgan fingerprint density at radius 3 is 1.93 bits per heavy atom. The van der Waals surface area contributed by atoms with Gasteiger partial charge in [0, 0.05) is 19.8 Å². The van der Waals surface area contributed by atoms with Gasteiger partial charge in [-0.3, -0.25) is 4.79 Å². The summed E-state index contributed by atoms with van der Waals surface area (Å²) in [5, 5.41) is 0. The number of likely N-dealkylation sites (N-methyl/N-ethyl adjacent to an activating group) is 1. The predicted molar refractivity (Wildman–Crippen MR) is 63.5 cm³/mol. The average Bonchev–Trinajstić information content (AvgIpc) is 2.14. The van der Waals surface area contributed by atoms with Crippen molar-refractivity contribution in [1.82, 2.24) is 4.90 Å². The Labute approximate surface area is 91.8 Å². The van der Waals surface area contributed by atoms with Crippen LogP contribution in [-0.4, -0.2) is 31.1 Å². The quantitative estimate of drug-likeness (QED) is 0.394. The molecule has 0 amide bonds. The molecule has 0 N–H and O–H groups in total. The third-order valence-electron chi connectivity index (χ3n) is 1.38. The summed E-state index contributed by atoms with van der Waals surface area (Å²) in [4.78, 5) is 21.2. The molecule has 0 aliphatic heterocycles. The number of rotatable bonds is 5. The van der Waals surface area contributed by atoms with Crippen LogP contribution in [0.15, 0.2) is 37.1 Å². The number of aldehydes is 1. The fraction of sp³-hybridized carbons (Fsp3) is 0.333. The first-order valence-electron chi connectivity index (χ1n) is 4.55. The largest absolute Gasteiger partial charge is 0.378 e. The minimum Gasteiger partial charge on any atom is -0.378 e. The van der Waals surface area contributed by atoms with Crippen molar-refractivity contribution in [3.63, 3.8) is 0 Å². The zero-order valence-electron chi connectivity index (χ0n) is 9.69. The molecule has 15 heavy (non-hydrogen) atoms. The summed E-state index contributed by atoms with van der Waals surface area (Å²) in [6.45, 7) is 8.61. The summed E-state index contributed by atoms with van der Waals surface area (Å²) in [5.74, 6) is -0.0787. The second-order valence-electron chi connectivity index (χ2n) is 3.00. The maximum atomic E-state index is 9.81. The third-order valence-corrected chi connectivity index (χ3v) is 1.38. The van der Waals surface area contributed by atoms with Crippen LogP contribution in [-0.2, 0) is 9.59 Å². The molecule has 0 bridgehead atoms. The Balaban J connectivity index is 0. The van der Waals surface area contributed by atoms with E-state index in [0.29, 0.717) is 6.29 Å². The molecule has 0 aromatic heterocycles. The van der Waals surface area contributed by atoms with Crippen LogP contribution >= 0.6 is 0 Å². The molecule has 0 saturated heterocycles. The lowest BCUT2D eigenvalue weighted by Crippen LogP contribution is -2.08. The van der Waals surface area contributed by atoms with Gasteiger partial charge in [0.15, 0.2) is 0 Å². The SMILES string of the molecule is C=C/C=C(\C=C)N(C)C.CC(=O)CC=O. The molecule has 0 aromatic carbocycles. The number of hydrogen-bond acceptors (Lipinski definition) is 3. The topological polar surface area (TPSA) is 37.4 Å². The first-order chi connectivity index (χ1) is 6.99. The highest BCUT2D eigenvalue weighted by atomic mass is 16.1.